The highest BCUT2D eigenvalue weighted by Gasteiger charge is 2.20. The summed E-state index contributed by atoms with van der Waals surface area (Å²) in [7, 11) is 1.26. The zero-order valence-electron chi connectivity index (χ0n) is 14.0. The van der Waals surface area contributed by atoms with Gasteiger partial charge in [0.1, 0.15) is 5.69 Å². The molecule has 0 saturated heterocycles. The molecule has 2 aromatic carbocycles. The van der Waals surface area contributed by atoms with E-state index >= 15 is 0 Å². The van der Waals surface area contributed by atoms with Crippen molar-refractivity contribution >= 4 is 75.6 Å². The smallest absolute Gasteiger partial charge is 0.356 e. The average Bonchev–Trinajstić information content (AvgIpc) is 2.66. The number of carbonyl (C=O) groups excluding carboxylic acids is 1. The lowest BCUT2D eigenvalue weighted by molar-refractivity contribution is 0.0594. The molecule has 1 heterocycles. The first kappa shape index (κ1) is 21.5. The van der Waals surface area contributed by atoms with E-state index < -0.39 is 5.97 Å². The van der Waals surface area contributed by atoms with Crippen LogP contribution in [0, 0.1) is 0 Å². The van der Waals surface area contributed by atoms with E-state index in [1.165, 1.54) is 25.3 Å². The van der Waals surface area contributed by atoms with Gasteiger partial charge in [0.2, 0.25) is 0 Å². The summed E-state index contributed by atoms with van der Waals surface area (Å²) in [6.07, 6.45) is 0. The fourth-order valence-electron chi connectivity index (χ4n) is 2.53. The fraction of sp³-hybridized carbons (Fsp3) is 0.0526. The third-order valence-electron chi connectivity index (χ3n) is 3.86. The molecule has 0 aliphatic rings. The third-order valence-corrected chi connectivity index (χ3v) is 5.92. The predicted octanol–water partition coefficient (Wildman–Crippen LogP) is 8.12. The molecular weight excluding hydrogens is 487 g/mol. The molecule has 3 nitrogen and oxygen atoms in total. The van der Waals surface area contributed by atoms with Crippen LogP contribution < -0.4 is 0 Å². The summed E-state index contributed by atoms with van der Waals surface area (Å²) in [4.78, 5) is 16.4. The van der Waals surface area contributed by atoms with E-state index in [9.17, 15) is 4.79 Å². The number of rotatable bonds is 3. The highest BCUT2D eigenvalue weighted by atomic mass is 35.5. The SMILES string of the molecule is COC(=O)c1ccc(-c2cc(Cl)c(Cl)cc2Cl)c(-c2cc(Cl)c(Cl)cc2Cl)n1. The average molecular weight is 496 g/mol. The zero-order chi connectivity index (χ0) is 20.6. The van der Waals surface area contributed by atoms with Gasteiger partial charge >= 0.3 is 5.97 Å². The molecule has 3 aromatic rings. The Morgan fingerprint density at radius 1 is 0.714 bits per heavy atom. The Bertz CT molecular complexity index is 1100. The Labute approximate surface area is 191 Å². The number of methoxy groups -OCH3 is 1. The first-order chi connectivity index (χ1) is 13.2. The van der Waals surface area contributed by atoms with Gasteiger partial charge in [-0.05, 0) is 36.4 Å². The van der Waals surface area contributed by atoms with Crippen LogP contribution in [-0.4, -0.2) is 18.1 Å². The van der Waals surface area contributed by atoms with Crippen LogP contribution in [0.25, 0.3) is 22.4 Å². The van der Waals surface area contributed by atoms with Gasteiger partial charge in [-0.3, -0.25) is 0 Å². The number of ether oxygens (including phenoxy) is 1. The summed E-state index contributed by atoms with van der Waals surface area (Å²) in [5, 5.41) is 1.82. The van der Waals surface area contributed by atoms with Crippen molar-refractivity contribution in [2.45, 2.75) is 0 Å². The van der Waals surface area contributed by atoms with Crippen molar-refractivity contribution in [2.75, 3.05) is 7.11 Å². The van der Waals surface area contributed by atoms with E-state index in [4.69, 9.17) is 74.3 Å². The van der Waals surface area contributed by atoms with Gasteiger partial charge in [-0.1, -0.05) is 69.6 Å². The van der Waals surface area contributed by atoms with E-state index in [2.05, 4.69) is 4.98 Å². The molecule has 1 aromatic heterocycles. The quantitative estimate of drug-likeness (QED) is 0.272. The van der Waals surface area contributed by atoms with Crippen LogP contribution in [0.5, 0.6) is 0 Å². The Kier molecular flexibility index (Phi) is 6.65. The largest absolute Gasteiger partial charge is 0.464 e. The van der Waals surface area contributed by atoms with Crippen molar-refractivity contribution in [1.82, 2.24) is 4.98 Å². The van der Waals surface area contributed by atoms with Gasteiger partial charge in [0.25, 0.3) is 0 Å². The Morgan fingerprint density at radius 2 is 1.21 bits per heavy atom. The highest BCUT2D eigenvalue weighted by Crippen LogP contribution is 2.42. The van der Waals surface area contributed by atoms with Gasteiger partial charge in [-0.2, -0.15) is 0 Å². The van der Waals surface area contributed by atoms with E-state index in [0.717, 1.165) is 0 Å². The van der Waals surface area contributed by atoms with Crippen LogP contribution in [0.15, 0.2) is 36.4 Å². The number of hydrogen-bond donors (Lipinski definition) is 0. The molecular formula is C19H9Cl6NO2. The minimum atomic E-state index is -0.607. The molecule has 0 saturated carbocycles. The Hall–Kier alpha value is -1.20. The summed E-state index contributed by atoms with van der Waals surface area (Å²) in [5.41, 5.74) is 2.01. The third kappa shape index (κ3) is 4.20. The van der Waals surface area contributed by atoms with Crippen molar-refractivity contribution in [3.05, 3.63) is 72.2 Å². The lowest BCUT2D eigenvalue weighted by Crippen LogP contribution is -2.06. The summed E-state index contributed by atoms with van der Waals surface area (Å²) in [6, 6.07) is 9.36. The molecule has 0 N–H and O–H groups in total. The molecule has 0 aliphatic heterocycles. The normalized spacial score (nSPS) is 10.8. The number of aromatic nitrogens is 1. The summed E-state index contributed by atoms with van der Waals surface area (Å²) >= 11 is 37.2. The monoisotopic (exact) mass is 493 g/mol. The van der Waals surface area contributed by atoms with Crippen molar-refractivity contribution < 1.29 is 9.53 Å². The van der Waals surface area contributed by atoms with Crippen molar-refractivity contribution in [2.24, 2.45) is 0 Å². The van der Waals surface area contributed by atoms with Gasteiger partial charge in [-0.25, -0.2) is 9.78 Å². The molecule has 0 bridgehead atoms. The van der Waals surface area contributed by atoms with Crippen molar-refractivity contribution in [1.29, 1.82) is 0 Å². The van der Waals surface area contributed by atoms with Crippen LogP contribution in [0.2, 0.25) is 30.1 Å². The van der Waals surface area contributed by atoms with Gasteiger partial charge in [0.05, 0.1) is 42.9 Å². The van der Waals surface area contributed by atoms with E-state index in [1.54, 1.807) is 18.2 Å². The van der Waals surface area contributed by atoms with Gasteiger partial charge in [-0.15, -0.1) is 0 Å². The second-order valence-corrected chi connectivity index (χ2v) is 8.02. The lowest BCUT2D eigenvalue weighted by atomic mass is 9.98. The molecule has 144 valence electrons. The maximum atomic E-state index is 12.0. The molecule has 0 fully saturated rings. The van der Waals surface area contributed by atoms with Crippen molar-refractivity contribution in [3.8, 4) is 22.4 Å². The van der Waals surface area contributed by atoms with Crippen LogP contribution in [0.4, 0.5) is 0 Å². The number of halogens is 6. The number of hydrogen-bond acceptors (Lipinski definition) is 3. The van der Waals surface area contributed by atoms with E-state index in [1.807, 2.05) is 0 Å². The lowest BCUT2D eigenvalue weighted by Gasteiger charge is -2.15. The Morgan fingerprint density at radius 3 is 1.79 bits per heavy atom. The molecule has 0 aliphatic carbocycles. The molecule has 28 heavy (non-hydrogen) atoms. The van der Waals surface area contributed by atoms with Gasteiger partial charge in [0, 0.05) is 16.7 Å². The number of benzene rings is 2. The van der Waals surface area contributed by atoms with Crippen molar-refractivity contribution in [3.63, 3.8) is 0 Å². The van der Waals surface area contributed by atoms with Crippen LogP contribution in [0.3, 0.4) is 0 Å². The summed E-state index contributed by atoms with van der Waals surface area (Å²) in [5.74, 6) is -0.607. The molecule has 0 amide bonds. The first-order valence-electron chi connectivity index (χ1n) is 7.62. The minimum absolute atomic E-state index is 0.0829. The molecule has 3 rings (SSSR count). The number of carbonyl (C=O) groups is 1. The maximum Gasteiger partial charge on any atom is 0.356 e. The number of esters is 1. The number of nitrogens with zero attached hydrogens (tertiary/aromatic N) is 1. The van der Waals surface area contributed by atoms with E-state index in [0.29, 0.717) is 42.5 Å². The predicted molar refractivity (Wildman–Crippen MR) is 117 cm³/mol. The molecule has 0 spiro atoms. The standard InChI is InChI=1S/C19H9Cl6NO2/c1-28-19(27)17-3-2-8(9-4-13(22)15(24)6-11(9)20)18(26-17)10-5-14(23)16(25)7-12(10)21/h2-7H,1H3. The summed E-state index contributed by atoms with van der Waals surface area (Å²) < 4.78 is 4.76. The van der Waals surface area contributed by atoms with Crippen LogP contribution >= 0.6 is 69.6 Å². The zero-order valence-corrected chi connectivity index (χ0v) is 18.5. The topological polar surface area (TPSA) is 39.2 Å². The second kappa shape index (κ2) is 8.66. The van der Waals surface area contributed by atoms with Gasteiger partial charge < -0.3 is 4.74 Å². The summed E-state index contributed by atoms with van der Waals surface area (Å²) in [6.45, 7) is 0. The van der Waals surface area contributed by atoms with E-state index in [-0.39, 0.29) is 15.7 Å². The molecule has 0 unspecified atom stereocenters. The first-order valence-corrected chi connectivity index (χ1v) is 9.89. The second-order valence-electron chi connectivity index (χ2n) is 5.58. The van der Waals surface area contributed by atoms with Crippen LogP contribution in [0.1, 0.15) is 10.5 Å². The van der Waals surface area contributed by atoms with Gasteiger partial charge in [0.15, 0.2) is 0 Å². The molecule has 0 radical (unpaired) electrons. The van der Waals surface area contributed by atoms with Crippen LogP contribution in [-0.2, 0) is 4.74 Å². The Balaban J connectivity index is 2.35. The maximum absolute atomic E-state index is 12.0. The molecule has 0 atom stereocenters. The number of pyridine rings is 1. The fourth-order valence-corrected chi connectivity index (χ4v) is 3.82. The highest BCUT2D eigenvalue weighted by molar-refractivity contribution is 6.45. The minimum Gasteiger partial charge on any atom is -0.464 e. The molecule has 9 heteroatoms.